The van der Waals surface area contributed by atoms with E-state index in [-0.39, 0.29) is 6.61 Å². The van der Waals surface area contributed by atoms with Gasteiger partial charge < -0.3 is 19.8 Å². The molecule has 0 radical (unpaired) electrons. The van der Waals surface area contributed by atoms with Crippen LogP contribution in [0.1, 0.15) is 0 Å². The molecule has 5 nitrogen and oxygen atoms in total. The standard InChI is InChI=1S/C6H10O4.C3H9N/c1-2-6(9)10-4-5(8)3-7;1-4(2)3/h2,5,7-8H,1,3-4H2;1-3H3. The lowest BCUT2D eigenvalue weighted by atomic mass is 10.4. The maximum atomic E-state index is 10.3. The molecule has 2 N–H and O–H groups in total. The molecule has 1 atom stereocenters. The number of aliphatic hydroxyl groups excluding tert-OH is 2. The van der Waals surface area contributed by atoms with E-state index < -0.39 is 18.7 Å². The minimum absolute atomic E-state index is 0.193. The number of ether oxygens (including phenoxy) is 1. The Morgan fingerprint density at radius 2 is 2.00 bits per heavy atom. The molecule has 5 heteroatoms. The van der Waals surface area contributed by atoms with Gasteiger partial charge in [0.1, 0.15) is 12.7 Å². The zero-order valence-corrected chi connectivity index (χ0v) is 8.93. The van der Waals surface area contributed by atoms with Crippen molar-refractivity contribution in [2.75, 3.05) is 34.4 Å². The highest BCUT2D eigenvalue weighted by Gasteiger charge is 2.03. The average Bonchev–Trinajstić information content (AvgIpc) is 2.12. The number of esters is 1. The monoisotopic (exact) mass is 205 g/mol. The zero-order valence-electron chi connectivity index (χ0n) is 8.93. The van der Waals surface area contributed by atoms with Gasteiger partial charge >= 0.3 is 5.97 Å². The first-order valence-electron chi connectivity index (χ1n) is 4.13. The summed E-state index contributed by atoms with van der Waals surface area (Å²) in [7, 11) is 6.00. The fraction of sp³-hybridized carbons (Fsp3) is 0.667. The molecule has 14 heavy (non-hydrogen) atoms. The van der Waals surface area contributed by atoms with E-state index in [1.165, 1.54) is 0 Å². The Kier molecular flexibility index (Phi) is 11.3. The van der Waals surface area contributed by atoms with Crippen LogP contribution in [-0.4, -0.2) is 61.5 Å². The maximum Gasteiger partial charge on any atom is 0.330 e. The normalized spacial score (nSPS) is 11.3. The first-order valence-corrected chi connectivity index (χ1v) is 4.13. The van der Waals surface area contributed by atoms with Crippen molar-refractivity contribution in [3.05, 3.63) is 12.7 Å². The third-order valence-electron chi connectivity index (χ3n) is 0.795. The summed E-state index contributed by atoms with van der Waals surface area (Å²) in [6, 6.07) is 0. The zero-order chi connectivity index (χ0) is 11.6. The van der Waals surface area contributed by atoms with E-state index in [1.807, 2.05) is 26.0 Å². The molecule has 0 bridgehead atoms. The number of nitrogens with zero attached hydrogens (tertiary/aromatic N) is 1. The molecule has 0 aromatic rings. The average molecular weight is 205 g/mol. The number of carbonyl (C=O) groups is 1. The first-order chi connectivity index (χ1) is 6.43. The highest BCUT2D eigenvalue weighted by Crippen LogP contribution is 1.84. The van der Waals surface area contributed by atoms with Crippen LogP contribution in [0.2, 0.25) is 0 Å². The second-order valence-corrected chi connectivity index (χ2v) is 3.01. The molecule has 1 unspecified atom stereocenters. The summed E-state index contributed by atoms with van der Waals surface area (Å²) in [6.45, 7) is 2.54. The minimum atomic E-state index is -0.996. The summed E-state index contributed by atoms with van der Waals surface area (Å²) in [5, 5.41) is 16.9. The number of carbonyl (C=O) groups excluding carboxylic acids is 1. The molecule has 0 aromatic heterocycles. The van der Waals surface area contributed by atoms with Gasteiger partial charge in [-0.1, -0.05) is 6.58 Å². The van der Waals surface area contributed by atoms with E-state index in [4.69, 9.17) is 10.2 Å². The van der Waals surface area contributed by atoms with Gasteiger partial charge in [-0.05, 0) is 21.1 Å². The summed E-state index contributed by atoms with van der Waals surface area (Å²) >= 11 is 0. The van der Waals surface area contributed by atoms with Crippen molar-refractivity contribution in [1.82, 2.24) is 4.90 Å². The number of aliphatic hydroxyl groups is 2. The second kappa shape index (κ2) is 10.2. The summed E-state index contributed by atoms with van der Waals surface area (Å²) in [4.78, 5) is 12.3. The van der Waals surface area contributed by atoms with Crippen molar-refractivity contribution in [3.8, 4) is 0 Å². The third-order valence-corrected chi connectivity index (χ3v) is 0.795. The Morgan fingerprint density at radius 1 is 1.57 bits per heavy atom. The van der Waals surface area contributed by atoms with Crippen molar-refractivity contribution < 1.29 is 19.7 Å². The van der Waals surface area contributed by atoms with Crippen LogP contribution in [0, 0.1) is 0 Å². The third kappa shape index (κ3) is 17.3. The highest BCUT2D eigenvalue weighted by atomic mass is 16.5. The van der Waals surface area contributed by atoms with Gasteiger partial charge in [0.05, 0.1) is 6.61 Å². The summed E-state index contributed by atoms with van der Waals surface area (Å²) < 4.78 is 4.38. The lowest BCUT2D eigenvalue weighted by Gasteiger charge is -2.05. The maximum absolute atomic E-state index is 10.3. The molecule has 0 spiro atoms. The van der Waals surface area contributed by atoms with Crippen LogP contribution in [0.15, 0.2) is 12.7 Å². The van der Waals surface area contributed by atoms with Gasteiger partial charge in [-0.3, -0.25) is 0 Å². The Balaban J connectivity index is 0. The number of hydrogen-bond donors (Lipinski definition) is 2. The van der Waals surface area contributed by atoms with Crippen molar-refractivity contribution in [3.63, 3.8) is 0 Å². The smallest absolute Gasteiger partial charge is 0.330 e. The van der Waals surface area contributed by atoms with Crippen LogP contribution >= 0.6 is 0 Å². The van der Waals surface area contributed by atoms with Crippen LogP contribution in [0.25, 0.3) is 0 Å². The van der Waals surface area contributed by atoms with Gasteiger partial charge in [-0.25, -0.2) is 4.79 Å². The molecule has 0 saturated carbocycles. The minimum Gasteiger partial charge on any atom is -0.460 e. The van der Waals surface area contributed by atoms with E-state index in [0.29, 0.717) is 0 Å². The highest BCUT2D eigenvalue weighted by molar-refractivity contribution is 5.81. The molecule has 0 aromatic carbocycles. The van der Waals surface area contributed by atoms with Crippen LogP contribution in [-0.2, 0) is 9.53 Å². The molecule has 84 valence electrons. The van der Waals surface area contributed by atoms with Crippen LogP contribution in [0.4, 0.5) is 0 Å². The largest absolute Gasteiger partial charge is 0.460 e. The lowest BCUT2D eigenvalue weighted by molar-refractivity contribution is -0.141. The molecular formula is C9H19NO4. The molecule has 0 aliphatic heterocycles. The quantitative estimate of drug-likeness (QED) is 0.466. The molecular weight excluding hydrogens is 186 g/mol. The van der Waals surface area contributed by atoms with Crippen LogP contribution in [0.3, 0.4) is 0 Å². The van der Waals surface area contributed by atoms with Gasteiger partial charge in [0.15, 0.2) is 0 Å². The topological polar surface area (TPSA) is 70.0 Å². The van der Waals surface area contributed by atoms with Crippen molar-refractivity contribution in [1.29, 1.82) is 0 Å². The molecule has 0 saturated heterocycles. The predicted molar refractivity (Wildman–Crippen MR) is 53.9 cm³/mol. The van der Waals surface area contributed by atoms with E-state index in [0.717, 1.165) is 6.08 Å². The van der Waals surface area contributed by atoms with Crippen molar-refractivity contribution >= 4 is 5.97 Å². The fourth-order valence-electron chi connectivity index (χ4n) is 0.290. The molecule has 0 fully saturated rings. The van der Waals surface area contributed by atoms with Gasteiger partial charge in [-0.2, -0.15) is 0 Å². The number of hydrogen-bond acceptors (Lipinski definition) is 5. The van der Waals surface area contributed by atoms with Gasteiger partial charge in [0, 0.05) is 6.08 Å². The van der Waals surface area contributed by atoms with Gasteiger partial charge in [0.25, 0.3) is 0 Å². The molecule has 0 heterocycles. The Morgan fingerprint density at radius 3 is 2.29 bits per heavy atom. The van der Waals surface area contributed by atoms with E-state index in [1.54, 1.807) is 0 Å². The fourth-order valence-corrected chi connectivity index (χ4v) is 0.290. The van der Waals surface area contributed by atoms with E-state index in [9.17, 15) is 4.79 Å². The number of rotatable bonds is 4. The summed E-state index contributed by atoms with van der Waals surface area (Å²) in [5.41, 5.74) is 0. The van der Waals surface area contributed by atoms with Crippen LogP contribution in [0.5, 0.6) is 0 Å². The van der Waals surface area contributed by atoms with Crippen LogP contribution < -0.4 is 0 Å². The lowest BCUT2D eigenvalue weighted by Crippen LogP contribution is -2.21. The second-order valence-electron chi connectivity index (χ2n) is 3.01. The molecule has 0 rings (SSSR count). The van der Waals surface area contributed by atoms with E-state index in [2.05, 4.69) is 11.3 Å². The molecule has 0 aliphatic rings. The van der Waals surface area contributed by atoms with Gasteiger partial charge in [-0.15, -0.1) is 0 Å². The predicted octanol–water partition coefficient (Wildman–Crippen LogP) is -0.753. The van der Waals surface area contributed by atoms with Crippen molar-refractivity contribution in [2.45, 2.75) is 6.10 Å². The van der Waals surface area contributed by atoms with Gasteiger partial charge in [0.2, 0.25) is 0 Å². The molecule has 0 amide bonds. The first kappa shape index (κ1) is 15.6. The summed E-state index contributed by atoms with van der Waals surface area (Å²) in [6.07, 6.45) is -0.00622. The van der Waals surface area contributed by atoms with Crippen molar-refractivity contribution in [2.24, 2.45) is 0 Å². The SMILES string of the molecule is C=CC(=O)OCC(O)CO.CN(C)C. The Bertz CT molecular complexity index is 156. The Hall–Kier alpha value is -0.910. The Labute approximate surface area is 84.6 Å². The summed E-state index contributed by atoms with van der Waals surface area (Å²) in [5.74, 6) is -0.604. The molecule has 0 aliphatic carbocycles. The van der Waals surface area contributed by atoms with E-state index >= 15 is 0 Å².